The topological polar surface area (TPSA) is 90.6 Å². The van der Waals surface area contributed by atoms with Crippen LogP contribution in [-0.4, -0.2) is 40.5 Å². The zero-order valence-corrected chi connectivity index (χ0v) is 13.2. The van der Waals surface area contributed by atoms with Gasteiger partial charge in [-0.2, -0.15) is 0 Å². The Bertz CT molecular complexity index is 488. The van der Waals surface area contributed by atoms with Crippen molar-refractivity contribution in [3.8, 4) is 5.75 Å². The van der Waals surface area contributed by atoms with Crippen molar-refractivity contribution in [3.05, 3.63) is 24.3 Å². The number of hydrogen-bond donors (Lipinski definition) is 2. The molecule has 1 aromatic carbocycles. The molecule has 0 unspecified atom stereocenters. The largest absolute Gasteiger partial charge is 0.492 e. The lowest BCUT2D eigenvalue weighted by Crippen LogP contribution is -2.30. The Labute approximate surface area is 126 Å². The minimum Gasteiger partial charge on any atom is -0.492 e. The Kier molecular flexibility index (Phi) is 8.11. The van der Waals surface area contributed by atoms with E-state index in [1.807, 2.05) is 6.92 Å². The highest BCUT2D eigenvalue weighted by molar-refractivity contribution is 7.89. The summed E-state index contributed by atoms with van der Waals surface area (Å²) < 4.78 is 36.6. The molecule has 1 aromatic rings. The highest BCUT2D eigenvalue weighted by Crippen LogP contribution is 2.12. The minimum absolute atomic E-state index is 0.0762. The van der Waals surface area contributed by atoms with E-state index in [0.29, 0.717) is 37.6 Å². The first-order chi connectivity index (χ1) is 10.0. The number of benzene rings is 1. The number of nitrogens with two attached hydrogens (primary N) is 1. The molecule has 0 amide bonds. The van der Waals surface area contributed by atoms with Crippen LogP contribution in [0.25, 0.3) is 0 Å². The molecule has 0 aliphatic rings. The second-order valence-electron chi connectivity index (χ2n) is 4.60. The van der Waals surface area contributed by atoms with Gasteiger partial charge in [-0.15, -0.1) is 0 Å². The van der Waals surface area contributed by atoms with Crippen LogP contribution < -0.4 is 15.2 Å². The van der Waals surface area contributed by atoms with Crippen LogP contribution in [0.2, 0.25) is 0 Å². The first-order valence-electron chi connectivity index (χ1n) is 7.07. The second kappa shape index (κ2) is 9.59. The SMILES string of the molecule is CCCOCCCNS(=O)(=O)CCOc1ccc(N)cc1. The van der Waals surface area contributed by atoms with Gasteiger partial charge in [-0.25, -0.2) is 13.1 Å². The van der Waals surface area contributed by atoms with Gasteiger partial charge in [0, 0.05) is 25.4 Å². The molecule has 120 valence electrons. The van der Waals surface area contributed by atoms with Crippen molar-refractivity contribution < 1.29 is 17.9 Å². The van der Waals surface area contributed by atoms with Crippen LogP contribution in [0.3, 0.4) is 0 Å². The number of nitrogens with one attached hydrogen (secondary N) is 1. The molecule has 0 saturated carbocycles. The average Bonchev–Trinajstić information content (AvgIpc) is 2.45. The fourth-order valence-corrected chi connectivity index (χ4v) is 2.46. The molecule has 7 heteroatoms. The lowest BCUT2D eigenvalue weighted by atomic mass is 10.3. The van der Waals surface area contributed by atoms with Gasteiger partial charge < -0.3 is 15.2 Å². The van der Waals surface area contributed by atoms with Crippen molar-refractivity contribution in [3.63, 3.8) is 0 Å². The highest BCUT2D eigenvalue weighted by Gasteiger charge is 2.09. The summed E-state index contributed by atoms with van der Waals surface area (Å²) in [6.45, 7) is 3.80. The van der Waals surface area contributed by atoms with E-state index in [-0.39, 0.29) is 12.4 Å². The molecule has 1 rings (SSSR count). The van der Waals surface area contributed by atoms with Crippen LogP contribution in [0.5, 0.6) is 5.75 Å². The molecular formula is C14H24N2O4S. The minimum atomic E-state index is -3.31. The Morgan fingerprint density at radius 3 is 2.52 bits per heavy atom. The number of anilines is 1. The van der Waals surface area contributed by atoms with Gasteiger partial charge in [0.2, 0.25) is 10.0 Å². The van der Waals surface area contributed by atoms with Crippen molar-refractivity contribution in [2.45, 2.75) is 19.8 Å². The molecule has 0 spiro atoms. The molecule has 0 bridgehead atoms. The molecule has 0 fully saturated rings. The molecule has 0 aromatic heterocycles. The monoisotopic (exact) mass is 316 g/mol. The van der Waals surface area contributed by atoms with Crippen LogP contribution in [0.1, 0.15) is 19.8 Å². The van der Waals surface area contributed by atoms with Crippen LogP contribution in [-0.2, 0) is 14.8 Å². The normalized spacial score (nSPS) is 11.5. The predicted octanol–water partition coefficient (Wildman–Crippen LogP) is 1.38. The molecular weight excluding hydrogens is 292 g/mol. The van der Waals surface area contributed by atoms with Crippen LogP contribution in [0.4, 0.5) is 5.69 Å². The first-order valence-corrected chi connectivity index (χ1v) is 8.72. The summed E-state index contributed by atoms with van der Waals surface area (Å²) in [5.74, 6) is 0.528. The molecule has 3 N–H and O–H groups in total. The van der Waals surface area contributed by atoms with Gasteiger partial charge in [-0.3, -0.25) is 0 Å². The van der Waals surface area contributed by atoms with Gasteiger partial charge in [0.1, 0.15) is 12.4 Å². The van der Waals surface area contributed by atoms with E-state index >= 15 is 0 Å². The summed E-state index contributed by atoms with van der Waals surface area (Å²) in [6.07, 6.45) is 1.63. The summed E-state index contributed by atoms with van der Waals surface area (Å²) in [7, 11) is -3.31. The Morgan fingerprint density at radius 2 is 1.86 bits per heavy atom. The quantitative estimate of drug-likeness (QED) is 0.475. The van der Waals surface area contributed by atoms with Crippen molar-refractivity contribution in [2.24, 2.45) is 0 Å². The van der Waals surface area contributed by atoms with E-state index < -0.39 is 10.0 Å². The second-order valence-corrected chi connectivity index (χ2v) is 6.52. The predicted molar refractivity (Wildman–Crippen MR) is 83.9 cm³/mol. The van der Waals surface area contributed by atoms with Gasteiger partial charge in [0.05, 0.1) is 5.75 Å². The Hall–Kier alpha value is -1.31. The van der Waals surface area contributed by atoms with Crippen molar-refractivity contribution in [2.75, 3.05) is 37.9 Å². The number of rotatable bonds is 11. The molecule has 0 aliphatic carbocycles. The van der Waals surface area contributed by atoms with E-state index in [9.17, 15) is 8.42 Å². The fraction of sp³-hybridized carbons (Fsp3) is 0.571. The van der Waals surface area contributed by atoms with Gasteiger partial charge in [0.25, 0.3) is 0 Å². The zero-order chi connectivity index (χ0) is 15.6. The maximum absolute atomic E-state index is 11.7. The maximum Gasteiger partial charge on any atom is 0.214 e. The molecule has 0 aliphatic heterocycles. The van der Waals surface area contributed by atoms with E-state index in [4.69, 9.17) is 15.2 Å². The fourth-order valence-electron chi connectivity index (χ4n) is 1.55. The lowest BCUT2D eigenvalue weighted by molar-refractivity contribution is 0.133. The third-order valence-corrected chi connectivity index (χ3v) is 3.98. The standard InChI is InChI=1S/C14H24N2O4S/c1-2-9-19-10-3-8-16-21(17,18)12-11-20-14-6-4-13(15)5-7-14/h4-7,16H,2-3,8-12,15H2,1H3. The Balaban J connectivity index is 2.16. The summed E-state index contributed by atoms with van der Waals surface area (Å²) in [5, 5.41) is 0. The van der Waals surface area contributed by atoms with E-state index in [1.165, 1.54) is 0 Å². The molecule has 6 nitrogen and oxygen atoms in total. The number of sulfonamides is 1. The van der Waals surface area contributed by atoms with Gasteiger partial charge in [-0.1, -0.05) is 6.92 Å². The average molecular weight is 316 g/mol. The van der Waals surface area contributed by atoms with Crippen LogP contribution in [0, 0.1) is 0 Å². The Morgan fingerprint density at radius 1 is 1.14 bits per heavy atom. The number of hydrogen-bond acceptors (Lipinski definition) is 5. The third-order valence-electron chi connectivity index (χ3n) is 2.64. The summed E-state index contributed by atoms with van der Waals surface area (Å²) in [5.41, 5.74) is 6.19. The number of ether oxygens (including phenoxy) is 2. The van der Waals surface area contributed by atoms with Gasteiger partial charge >= 0.3 is 0 Å². The first kappa shape index (κ1) is 17.7. The lowest BCUT2D eigenvalue weighted by Gasteiger charge is -2.09. The van der Waals surface area contributed by atoms with Crippen LogP contribution in [0.15, 0.2) is 24.3 Å². The highest BCUT2D eigenvalue weighted by atomic mass is 32.2. The zero-order valence-electron chi connectivity index (χ0n) is 12.4. The number of nitrogen functional groups attached to an aromatic ring is 1. The molecule has 0 heterocycles. The molecule has 0 atom stereocenters. The molecule has 0 radical (unpaired) electrons. The van der Waals surface area contributed by atoms with Crippen LogP contribution >= 0.6 is 0 Å². The summed E-state index contributed by atoms with van der Waals surface area (Å²) in [6, 6.07) is 6.83. The van der Waals surface area contributed by atoms with E-state index in [1.54, 1.807) is 24.3 Å². The van der Waals surface area contributed by atoms with Gasteiger partial charge in [-0.05, 0) is 37.1 Å². The summed E-state index contributed by atoms with van der Waals surface area (Å²) >= 11 is 0. The van der Waals surface area contributed by atoms with E-state index in [0.717, 1.165) is 6.42 Å². The molecule has 21 heavy (non-hydrogen) atoms. The maximum atomic E-state index is 11.7. The smallest absolute Gasteiger partial charge is 0.214 e. The van der Waals surface area contributed by atoms with Gasteiger partial charge in [0.15, 0.2) is 0 Å². The van der Waals surface area contributed by atoms with Crippen molar-refractivity contribution >= 4 is 15.7 Å². The van der Waals surface area contributed by atoms with E-state index in [2.05, 4.69) is 4.72 Å². The van der Waals surface area contributed by atoms with Crippen molar-refractivity contribution in [1.29, 1.82) is 0 Å². The molecule has 0 saturated heterocycles. The van der Waals surface area contributed by atoms with Crippen molar-refractivity contribution in [1.82, 2.24) is 4.72 Å². The third kappa shape index (κ3) is 8.54. The summed E-state index contributed by atoms with van der Waals surface area (Å²) in [4.78, 5) is 0.